The van der Waals surface area contributed by atoms with Gasteiger partial charge in [0.05, 0.1) is 5.54 Å². The second-order valence-corrected chi connectivity index (χ2v) is 5.82. The third-order valence-electron chi connectivity index (χ3n) is 2.71. The van der Waals surface area contributed by atoms with Crippen LogP contribution in [0.5, 0.6) is 0 Å². The summed E-state index contributed by atoms with van der Waals surface area (Å²) >= 11 is 7.48. The topological polar surface area (TPSA) is 55.1 Å². The van der Waals surface area contributed by atoms with E-state index in [4.69, 9.17) is 17.3 Å². The van der Waals surface area contributed by atoms with Gasteiger partial charge >= 0.3 is 0 Å². The van der Waals surface area contributed by atoms with Crippen molar-refractivity contribution < 1.29 is 4.79 Å². The fourth-order valence-electron chi connectivity index (χ4n) is 1.40. The van der Waals surface area contributed by atoms with Crippen LogP contribution in [0.15, 0.2) is 29.2 Å². The summed E-state index contributed by atoms with van der Waals surface area (Å²) in [6.07, 6.45) is 1.62. The van der Waals surface area contributed by atoms with Crippen LogP contribution in [0, 0.1) is 0 Å². The van der Waals surface area contributed by atoms with Crippen molar-refractivity contribution in [2.24, 2.45) is 5.73 Å². The van der Waals surface area contributed by atoms with Crippen LogP contribution >= 0.6 is 35.8 Å². The number of nitrogens with one attached hydrogen (secondary N) is 1. The lowest BCUT2D eigenvalue weighted by molar-refractivity contribution is -0.123. The highest BCUT2D eigenvalue weighted by atomic mass is 35.5. The zero-order chi connectivity index (χ0) is 12.3. The van der Waals surface area contributed by atoms with Crippen LogP contribution < -0.4 is 11.1 Å². The van der Waals surface area contributed by atoms with E-state index in [0.717, 1.165) is 28.5 Å². The molecule has 0 unspecified atom stereocenters. The van der Waals surface area contributed by atoms with Gasteiger partial charge in [0.25, 0.3) is 0 Å². The summed E-state index contributed by atoms with van der Waals surface area (Å²) < 4.78 is 0. The molecule has 2 rings (SSSR count). The van der Waals surface area contributed by atoms with Crippen LogP contribution in [0.4, 0.5) is 0 Å². The number of benzene rings is 1. The Morgan fingerprint density at radius 1 is 1.39 bits per heavy atom. The lowest BCUT2D eigenvalue weighted by atomic mass is 10.3. The number of nitrogens with two attached hydrogens (primary N) is 1. The fraction of sp³-hybridized carbons (Fsp3) is 0.417. The lowest BCUT2D eigenvalue weighted by Crippen LogP contribution is -2.43. The van der Waals surface area contributed by atoms with Gasteiger partial charge in [0, 0.05) is 22.2 Å². The average Bonchev–Trinajstić information content (AvgIpc) is 3.06. The largest absolute Gasteiger partial charge is 0.354 e. The molecule has 0 atom stereocenters. The smallest absolute Gasteiger partial charge is 0.240 e. The Kier molecular flexibility index (Phi) is 5.79. The van der Waals surface area contributed by atoms with Crippen LogP contribution in [0.2, 0.25) is 5.02 Å². The van der Waals surface area contributed by atoms with E-state index >= 15 is 0 Å². The molecule has 3 nitrogen and oxygen atoms in total. The van der Waals surface area contributed by atoms with Gasteiger partial charge in [-0.1, -0.05) is 11.6 Å². The number of carbonyl (C=O) groups excluding carboxylic acids is 1. The first kappa shape index (κ1) is 15.6. The minimum atomic E-state index is -0.565. The van der Waals surface area contributed by atoms with Gasteiger partial charge in [-0.05, 0) is 37.1 Å². The van der Waals surface area contributed by atoms with Crippen LogP contribution in [0.3, 0.4) is 0 Å². The number of amides is 1. The Hall–Kier alpha value is -0.420. The molecule has 3 N–H and O–H groups in total. The Morgan fingerprint density at radius 2 is 2.00 bits per heavy atom. The van der Waals surface area contributed by atoms with E-state index in [1.54, 1.807) is 11.8 Å². The van der Waals surface area contributed by atoms with Gasteiger partial charge in [-0.2, -0.15) is 0 Å². The van der Waals surface area contributed by atoms with E-state index in [-0.39, 0.29) is 18.3 Å². The Balaban J connectivity index is 0.00000162. The Labute approximate surface area is 122 Å². The molecule has 0 heterocycles. The van der Waals surface area contributed by atoms with Crippen LogP contribution in [0.25, 0.3) is 0 Å². The molecule has 1 fully saturated rings. The zero-order valence-corrected chi connectivity index (χ0v) is 12.2. The third kappa shape index (κ3) is 4.35. The highest BCUT2D eigenvalue weighted by Gasteiger charge is 2.45. The first-order valence-corrected chi connectivity index (χ1v) is 6.92. The molecule has 6 heteroatoms. The average molecular weight is 307 g/mol. The molecule has 0 bridgehead atoms. The van der Waals surface area contributed by atoms with E-state index in [2.05, 4.69) is 5.32 Å². The summed E-state index contributed by atoms with van der Waals surface area (Å²) in [5, 5.41) is 3.59. The number of carbonyl (C=O) groups is 1. The summed E-state index contributed by atoms with van der Waals surface area (Å²) in [7, 11) is 0. The normalized spacial score (nSPS) is 15.7. The first-order valence-electron chi connectivity index (χ1n) is 5.56. The van der Waals surface area contributed by atoms with Crippen molar-refractivity contribution in [3.05, 3.63) is 29.3 Å². The summed E-state index contributed by atoms with van der Waals surface area (Å²) in [5.74, 6) is 0.818. The van der Waals surface area contributed by atoms with Crippen LogP contribution in [0.1, 0.15) is 12.8 Å². The third-order valence-corrected chi connectivity index (χ3v) is 3.98. The maximum atomic E-state index is 11.5. The predicted octanol–water partition coefficient (Wildman–Crippen LogP) is 2.46. The highest BCUT2D eigenvalue weighted by molar-refractivity contribution is 7.99. The molecule has 1 aliphatic rings. The molecule has 100 valence electrons. The van der Waals surface area contributed by atoms with Gasteiger partial charge in [0.2, 0.25) is 5.91 Å². The molecular formula is C12H16Cl2N2OS. The van der Waals surface area contributed by atoms with Gasteiger partial charge in [-0.3, -0.25) is 4.79 Å². The first-order chi connectivity index (χ1) is 8.10. The number of hydrogen-bond donors (Lipinski definition) is 2. The molecule has 1 amide bonds. The molecular weight excluding hydrogens is 291 g/mol. The second kappa shape index (κ2) is 6.66. The highest BCUT2D eigenvalue weighted by Crippen LogP contribution is 2.32. The van der Waals surface area contributed by atoms with Gasteiger partial charge < -0.3 is 11.1 Å². The second-order valence-electron chi connectivity index (χ2n) is 4.21. The fourth-order valence-corrected chi connectivity index (χ4v) is 2.30. The van der Waals surface area contributed by atoms with Crippen molar-refractivity contribution in [2.75, 3.05) is 12.3 Å². The minimum Gasteiger partial charge on any atom is -0.354 e. The van der Waals surface area contributed by atoms with Crippen molar-refractivity contribution in [1.29, 1.82) is 0 Å². The molecule has 0 aromatic heterocycles. The molecule has 0 radical (unpaired) electrons. The van der Waals surface area contributed by atoms with E-state index < -0.39 is 5.54 Å². The molecule has 1 aromatic rings. The van der Waals surface area contributed by atoms with Crippen molar-refractivity contribution in [2.45, 2.75) is 23.3 Å². The molecule has 0 spiro atoms. The monoisotopic (exact) mass is 306 g/mol. The maximum Gasteiger partial charge on any atom is 0.240 e. The van der Waals surface area contributed by atoms with E-state index in [9.17, 15) is 4.79 Å². The minimum absolute atomic E-state index is 0. The van der Waals surface area contributed by atoms with Gasteiger partial charge in [-0.25, -0.2) is 0 Å². The quantitative estimate of drug-likeness (QED) is 0.649. The zero-order valence-electron chi connectivity index (χ0n) is 9.82. The Bertz CT molecular complexity index is 407. The molecule has 18 heavy (non-hydrogen) atoms. The molecule has 1 aliphatic carbocycles. The summed E-state index contributed by atoms with van der Waals surface area (Å²) in [6, 6.07) is 7.67. The van der Waals surface area contributed by atoms with Crippen molar-refractivity contribution in [3.8, 4) is 0 Å². The van der Waals surface area contributed by atoms with E-state index in [1.807, 2.05) is 24.3 Å². The van der Waals surface area contributed by atoms with Gasteiger partial charge in [0.1, 0.15) is 0 Å². The van der Waals surface area contributed by atoms with Crippen LogP contribution in [-0.2, 0) is 4.79 Å². The predicted molar refractivity (Wildman–Crippen MR) is 78.6 cm³/mol. The lowest BCUT2D eigenvalue weighted by Gasteiger charge is -2.09. The standard InChI is InChI=1S/C12H15ClN2OS.ClH/c13-9-1-3-10(4-2-9)17-8-7-15-11(16)12(14)5-6-12;/h1-4H,5-8,14H2,(H,15,16);1H. The molecule has 1 aromatic carbocycles. The number of halogens is 2. The molecule has 0 aliphatic heterocycles. The van der Waals surface area contributed by atoms with E-state index in [0.29, 0.717) is 6.54 Å². The maximum absolute atomic E-state index is 11.5. The van der Waals surface area contributed by atoms with Crippen molar-refractivity contribution >= 4 is 41.7 Å². The molecule has 0 saturated heterocycles. The van der Waals surface area contributed by atoms with E-state index in [1.165, 1.54) is 0 Å². The summed E-state index contributed by atoms with van der Waals surface area (Å²) in [6.45, 7) is 0.644. The number of hydrogen-bond acceptors (Lipinski definition) is 3. The SMILES string of the molecule is Cl.NC1(C(=O)NCCSc2ccc(Cl)cc2)CC1. The van der Waals surface area contributed by atoms with Crippen molar-refractivity contribution in [1.82, 2.24) is 5.32 Å². The Morgan fingerprint density at radius 3 is 2.56 bits per heavy atom. The number of thioether (sulfide) groups is 1. The van der Waals surface area contributed by atoms with Crippen molar-refractivity contribution in [3.63, 3.8) is 0 Å². The van der Waals surface area contributed by atoms with Crippen LogP contribution in [-0.4, -0.2) is 23.7 Å². The van der Waals surface area contributed by atoms with Gasteiger partial charge in [-0.15, -0.1) is 24.2 Å². The summed E-state index contributed by atoms with van der Waals surface area (Å²) in [4.78, 5) is 12.7. The summed E-state index contributed by atoms with van der Waals surface area (Å²) in [5.41, 5.74) is 5.20. The van der Waals surface area contributed by atoms with Gasteiger partial charge in [0.15, 0.2) is 0 Å². The number of rotatable bonds is 5. The molecule has 1 saturated carbocycles.